The quantitative estimate of drug-likeness (QED) is 0.194. The molecule has 35 heavy (non-hydrogen) atoms. The zero-order valence-corrected chi connectivity index (χ0v) is 20.5. The summed E-state index contributed by atoms with van der Waals surface area (Å²) >= 11 is 1.58. The van der Waals surface area contributed by atoms with Crippen LogP contribution in [0.3, 0.4) is 0 Å². The molecule has 0 bridgehead atoms. The number of non-ortho nitro benzene ring substituents is 1. The van der Waals surface area contributed by atoms with Gasteiger partial charge in [-0.05, 0) is 42.5 Å². The lowest BCUT2D eigenvalue weighted by Gasteiger charge is -2.28. The Morgan fingerprint density at radius 3 is 2.34 bits per heavy atom. The monoisotopic (exact) mass is 495 g/mol. The Morgan fingerprint density at radius 1 is 0.971 bits per heavy atom. The van der Waals surface area contributed by atoms with Gasteiger partial charge in [0.1, 0.15) is 6.54 Å². The molecule has 2 amide bonds. The average molecular weight is 496 g/mol. The first kappa shape index (κ1) is 26.1. The van der Waals surface area contributed by atoms with E-state index in [0.29, 0.717) is 44.8 Å². The standard InChI is InChI=1S/C26H29N3O5S/c1-2-34-16-7-15-27(26(31)22-11-13-23(14-12-22)29(32)33)20-25(30)28(19-24-10-6-17-35-24)18-21-8-4-3-5-9-21/h3-6,8-14,17H,2,7,15-16,18-20H2,1H3. The van der Waals surface area contributed by atoms with Crippen LogP contribution in [0.5, 0.6) is 0 Å². The fourth-order valence-electron chi connectivity index (χ4n) is 3.55. The molecule has 0 spiro atoms. The van der Waals surface area contributed by atoms with Crippen molar-refractivity contribution in [2.24, 2.45) is 0 Å². The fraction of sp³-hybridized carbons (Fsp3) is 0.308. The van der Waals surface area contributed by atoms with Crippen LogP contribution in [0.4, 0.5) is 5.69 Å². The van der Waals surface area contributed by atoms with Gasteiger partial charge in [-0.2, -0.15) is 0 Å². The summed E-state index contributed by atoms with van der Waals surface area (Å²) < 4.78 is 5.41. The summed E-state index contributed by atoms with van der Waals surface area (Å²) in [6.07, 6.45) is 0.573. The van der Waals surface area contributed by atoms with E-state index in [9.17, 15) is 19.7 Å². The third kappa shape index (κ3) is 8.01. The maximum Gasteiger partial charge on any atom is 0.269 e. The molecule has 0 saturated carbocycles. The molecule has 0 fully saturated rings. The van der Waals surface area contributed by atoms with Gasteiger partial charge in [-0.3, -0.25) is 19.7 Å². The van der Waals surface area contributed by atoms with Gasteiger partial charge in [-0.25, -0.2) is 0 Å². The van der Waals surface area contributed by atoms with E-state index in [2.05, 4.69) is 0 Å². The molecule has 8 nitrogen and oxygen atoms in total. The highest BCUT2D eigenvalue weighted by Crippen LogP contribution is 2.17. The SMILES string of the molecule is CCOCCCN(CC(=O)N(Cc1ccccc1)Cc1cccs1)C(=O)c1ccc([N+](=O)[O-])cc1. The molecule has 3 aromatic rings. The van der Waals surface area contributed by atoms with Gasteiger partial charge in [-0.1, -0.05) is 36.4 Å². The van der Waals surface area contributed by atoms with Gasteiger partial charge in [0.25, 0.3) is 11.6 Å². The van der Waals surface area contributed by atoms with Crippen molar-refractivity contribution in [3.63, 3.8) is 0 Å². The molecule has 0 aliphatic heterocycles. The molecular formula is C26H29N3O5S. The Morgan fingerprint density at radius 2 is 1.71 bits per heavy atom. The lowest BCUT2D eigenvalue weighted by Crippen LogP contribution is -2.43. The third-order valence-corrected chi connectivity index (χ3v) is 6.22. The number of carbonyl (C=O) groups is 2. The second-order valence-electron chi connectivity index (χ2n) is 7.90. The van der Waals surface area contributed by atoms with E-state index < -0.39 is 4.92 Å². The normalized spacial score (nSPS) is 10.7. The van der Waals surface area contributed by atoms with Crippen LogP contribution >= 0.6 is 11.3 Å². The minimum absolute atomic E-state index is 0.0921. The fourth-order valence-corrected chi connectivity index (χ4v) is 4.27. The molecule has 3 rings (SSSR count). The maximum absolute atomic E-state index is 13.5. The number of thiophene rings is 1. The van der Waals surface area contributed by atoms with Crippen LogP contribution in [0, 0.1) is 10.1 Å². The van der Waals surface area contributed by atoms with Crippen LogP contribution in [0.15, 0.2) is 72.1 Å². The first-order valence-corrected chi connectivity index (χ1v) is 12.3. The van der Waals surface area contributed by atoms with Crippen molar-refractivity contribution in [1.82, 2.24) is 9.80 Å². The summed E-state index contributed by atoms with van der Waals surface area (Å²) in [5.74, 6) is -0.519. The van der Waals surface area contributed by atoms with Gasteiger partial charge in [0.2, 0.25) is 5.91 Å². The van der Waals surface area contributed by atoms with Crippen LogP contribution < -0.4 is 0 Å². The largest absolute Gasteiger partial charge is 0.382 e. The van der Waals surface area contributed by atoms with E-state index in [1.165, 1.54) is 29.2 Å². The Labute approximate surface area is 208 Å². The van der Waals surface area contributed by atoms with Crippen molar-refractivity contribution in [2.75, 3.05) is 26.3 Å². The van der Waals surface area contributed by atoms with Gasteiger partial charge >= 0.3 is 0 Å². The van der Waals surface area contributed by atoms with E-state index >= 15 is 0 Å². The molecule has 1 aromatic heterocycles. The first-order valence-electron chi connectivity index (χ1n) is 11.4. The summed E-state index contributed by atoms with van der Waals surface area (Å²) in [5.41, 5.74) is 1.21. The summed E-state index contributed by atoms with van der Waals surface area (Å²) in [6.45, 7) is 4.05. The number of amides is 2. The number of ether oxygens (including phenoxy) is 1. The van der Waals surface area contributed by atoms with Gasteiger partial charge in [0.05, 0.1) is 11.5 Å². The molecule has 0 radical (unpaired) electrons. The highest BCUT2D eigenvalue weighted by atomic mass is 32.1. The second kappa shape index (κ2) is 13.4. The summed E-state index contributed by atoms with van der Waals surface area (Å²) in [4.78, 5) is 41.5. The van der Waals surface area contributed by atoms with Crippen LogP contribution in [0.2, 0.25) is 0 Å². The van der Waals surface area contributed by atoms with E-state index in [-0.39, 0.29) is 24.0 Å². The number of carbonyl (C=O) groups excluding carboxylic acids is 2. The topological polar surface area (TPSA) is 93.0 Å². The van der Waals surface area contributed by atoms with E-state index in [4.69, 9.17) is 4.74 Å². The smallest absolute Gasteiger partial charge is 0.269 e. The lowest BCUT2D eigenvalue weighted by molar-refractivity contribution is -0.384. The number of hydrogen-bond donors (Lipinski definition) is 0. The van der Waals surface area contributed by atoms with Gasteiger partial charge in [0, 0.05) is 48.9 Å². The van der Waals surface area contributed by atoms with Crippen LogP contribution in [-0.2, 0) is 22.6 Å². The Bertz CT molecular complexity index is 1090. The molecule has 0 atom stereocenters. The number of hydrogen-bond acceptors (Lipinski definition) is 6. The van der Waals surface area contributed by atoms with Crippen molar-refractivity contribution in [3.05, 3.63) is 98.2 Å². The highest BCUT2D eigenvalue weighted by Gasteiger charge is 2.23. The first-order chi connectivity index (χ1) is 17.0. The van der Waals surface area contributed by atoms with Crippen LogP contribution in [0.25, 0.3) is 0 Å². The van der Waals surface area contributed by atoms with E-state index in [0.717, 1.165) is 10.4 Å². The Kier molecular flexibility index (Phi) is 9.94. The Balaban J connectivity index is 1.78. The molecule has 0 unspecified atom stereocenters. The lowest BCUT2D eigenvalue weighted by atomic mass is 10.1. The predicted octanol–water partition coefficient (Wildman–Crippen LogP) is 4.75. The molecule has 9 heteroatoms. The van der Waals surface area contributed by atoms with Crippen molar-refractivity contribution in [2.45, 2.75) is 26.4 Å². The van der Waals surface area contributed by atoms with Gasteiger partial charge in [0.15, 0.2) is 0 Å². The van der Waals surface area contributed by atoms with E-state index in [1.54, 1.807) is 16.2 Å². The molecule has 1 heterocycles. The maximum atomic E-state index is 13.5. The molecule has 0 N–H and O–H groups in total. The average Bonchev–Trinajstić information content (AvgIpc) is 3.39. The molecule has 0 saturated heterocycles. The Hall–Kier alpha value is -3.56. The molecule has 184 valence electrons. The van der Waals surface area contributed by atoms with Crippen LogP contribution in [0.1, 0.15) is 34.1 Å². The second-order valence-corrected chi connectivity index (χ2v) is 8.93. The number of rotatable bonds is 13. The third-order valence-electron chi connectivity index (χ3n) is 5.36. The molecule has 2 aromatic carbocycles. The molecular weight excluding hydrogens is 466 g/mol. The zero-order valence-electron chi connectivity index (χ0n) is 19.7. The summed E-state index contributed by atoms with van der Waals surface area (Å²) in [7, 11) is 0. The predicted molar refractivity (Wildman–Crippen MR) is 135 cm³/mol. The van der Waals surface area contributed by atoms with E-state index in [1.807, 2.05) is 54.8 Å². The molecule has 0 aliphatic rings. The number of nitro benzene ring substituents is 1. The van der Waals surface area contributed by atoms with Crippen molar-refractivity contribution >= 4 is 28.8 Å². The number of benzene rings is 2. The minimum atomic E-state index is -0.510. The summed E-state index contributed by atoms with van der Waals surface area (Å²) in [6, 6.07) is 19.1. The minimum Gasteiger partial charge on any atom is -0.382 e. The number of nitrogens with zero attached hydrogens (tertiary/aromatic N) is 3. The summed E-state index contributed by atoms with van der Waals surface area (Å²) in [5, 5.41) is 12.9. The number of nitro groups is 1. The zero-order chi connectivity index (χ0) is 25.0. The van der Waals surface area contributed by atoms with Crippen LogP contribution in [-0.4, -0.2) is 52.8 Å². The molecule has 0 aliphatic carbocycles. The van der Waals surface area contributed by atoms with Gasteiger partial charge in [-0.15, -0.1) is 11.3 Å². The van der Waals surface area contributed by atoms with Crippen molar-refractivity contribution in [1.29, 1.82) is 0 Å². The van der Waals surface area contributed by atoms with Crippen molar-refractivity contribution in [3.8, 4) is 0 Å². The van der Waals surface area contributed by atoms with Gasteiger partial charge < -0.3 is 14.5 Å². The van der Waals surface area contributed by atoms with Crippen molar-refractivity contribution < 1.29 is 19.2 Å². The highest BCUT2D eigenvalue weighted by molar-refractivity contribution is 7.09.